The lowest BCUT2D eigenvalue weighted by Crippen LogP contribution is -2.44. The Morgan fingerprint density at radius 1 is 1.29 bits per heavy atom. The van der Waals surface area contributed by atoms with E-state index in [9.17, 15) is 10.1 Å². The topological polar surface area (TPSA) is 73.4 Å². The largest absolute Gasteiger partial charge is 0.699 e. The molecule has 6 nitrogen and oxygen atoms in total. The number of nitro groups is 1. The normalized spacial score (nSPS) is 17.1. The first-order valence-corrected chi connectivity index (χ1v) is 5.51. The molecule has 1 fully saturated rings. The van der Waals surface area contributed by atoms with Crippen molar-refractivity contribution in [2.75, 3.05) is 38.1 Å². The number of hydrogen-bond acceptors (Lipinski definition) is 4. The van der Waals surface area contributed by atoms with Crippen LogP contribution in [0.3, 0.4) is 0 Å². The first kappa shape index (κ1) is 11.7. The SMILES string of the molecule is CN1CCN(c2cc([NH-])ccc2[N+](=O)[O-])CC1. The molecule has 1 aliphatic heterocycles. The zero-order valence-corrected chi connectivity index (χ0v) is 9.72. The average molecular weight is 235 g/mol. The van der Waals surface area contributed by atoms with Crippen LogP contribution in [-0.4, -0.2) is 43.0 Å². The summed E-state index contributed by atoms with van der Waals surface area (Å²) < 4.78 is 0. The Bertz CT molecular complexity index is 427. The monoisotopic (exact) mass is 235 g/mol. The molecule has 1 N–H and O–H groups in total. The third-order valence-electron chi connectivity index (χ3n) is 3.02. The van der Waals surface area contributed by atoms with E-state index in [-0.39, 0.29) is 10.6 Å². The Morgan fingerprint density at radius 3 is 2.53 bits per heavy atom. The number of nitrogens with one attached hydrogen (secondary N) is 1. The Kier molecular flexibility index (Phi) is 3.14. The maximum absolute atomic E-state index is 10.9. The van der Waals surface area contributed by atoms with Gasteiger partial charge in [0.25, 0.3) is 5.69 Å². The standard InChI is InChI=1S/C11H15N4O2/c1-13-4-6-14(7-5-13)11-8-9(12)2-3-10(11)15(16)17/h2-3,8,12H,4-7H2,1H3/q-1. The minimum atomic E-state index is -0.382. The van der Waals surface area contributed by atoms with E-state index in [0.717, 1.165) is 26.2 Å². The number of nitrogens with zero attached hydrogens (tertiary/aromatic N) is 3. The summed E-state index contributed by atoms with van der Waals surface area (Å²) in [4.78, 5) is 14.7. The molecule has 6 heteroatoms. The second kappa shape index (κ2) is 4.58. The van der Waals surface area contributed by atoms with Crippen molar-refractivity contribution in [2.24, 2.45) is 0 Å². The van der Waals surface area contributed by atoms with Gasteiger partial charge in [-0.05, 0) is 13.1 Å². The number of likely N-dealkylation sites (N-methyl/N-ethyl adjacent to an activating group) is 1. The highest BCUT2D eigenvalue weighted by Crippen LogP contribution is 2.32. The van der Waals surface area contributed by atoms with Gasteiger partial charge in [-0.25, -0.2) is 0 Å². The number of rotatable bonds is 2. The molecule has 17 heavy (non-hydrogen) atoms. The number of anilines is 1. The van der Waals surface area contributed by atoms with Crippen LogP contribution in [0.25, 0.3) is 5.73 Å². The summed E-state index contributed by atoms with van der Waals surface area (Å²) in [7, 11) is 2.03. The van der Waals surface area contributed by atoms with E-state index >= 15 is 0 Å². The van der Waals surface area contributed by atoms with Gasteiger partial charge >= 0.3 is 0 Å². The summed E-state index contributed by atoms with van der Waals surface area (Å²) >= 11 is 0. The predicted molar refractivity (Wildman–Crippen MR) is 66.8 cm³/mol. The zero-order valence-electron chi connectivity index (χ0n) is 9.72. The Morgan fingerprint density at radius 2 is 1.94 bits per heavy atom. The molecule has 0 saturated carbocycles. The zero-order chi connectivity index (χ0) is 12.4. The molecule has 0 aliphatic carbocycles. The predicted octanol–water partition coefficient (Wildman–Crippen LogP) is 2.03. The molecule has 0 unspecified atom stereocenters. The highest BCUT2D eigenvalue weighted by Gasteiger charge is 2.21. The molecular formula is C11H15N4O2-. The van der Waals surface area contributed by atoms with Crippen LogP contribution >= 0.6 is 0 Å². The summed E-state index contributed by atoms with van der Waals surface area (Å²) in [6.45, 7) is 3.31. The van der Waals surface area contributed by atoms with E-state index in [1.165, 1.54) is 12.1 Å². The van der Waals surface area contributed by atoms with E-state index < -0.39 is 0 Å². The maximum Gasteiger partial charge on any atom is 0.292 e. The van der Waals surface area contributed by atoms with Crippen LogP contribution in [0.1, 0.15) is 0 Å². The molecule has 92 valence electrons. The van der Waals surface area contributed by atoms with Crippen LogP contribution in [0.15, 0.2) is 18.2 Å². The van der Waals surface area contributed by atoms with Gasteiger partial charge in [-0.15, -0.1) is 5.69 Å². The third-order valence-corrected chi connectivity index (χ3v) is 3.02. The third kappa shape index (κ3) is 2.47. The summed E-state index contributed by atoms with van der Waals surface area (Å²) in [5.41, 5.74) is 8.54. The van der Waals surface area contributed by atoms with Crippen molar-refractivity contribution in [1.29, 1.82) is 0 Å². The van der Waals surface area contributed by atoms with Gasteiger partial charge in [0.05, 0.1) is 4.92 Å². The maximum atomic E-state index is 10.9. The first-order valence-electron chi connectivity index (χ1n) is 5.51. The fourth-order valence-electron chi connectivity index (χ4n) is 1.98. The van der Waals surface area contributed by atoms with Gasteiger partial charge < -0.3 is 15.5 Å². The molecule has 1 aromatic rings. The molecule has 0 atom stereocenters. The van der Waals surface area contributed by atoms with Gasteiger partial charge in [-0.3, -0.25) is 10.1 Å². The fourth-order valence-corrected chi connectivity index (χ4v) is 1.98. The smallest absolute Gasteiger partial charge is 0.292 e. The van der Waals surface area contributed by atoms with E-state index in [1.54, 1.807) is 6.07 Å². The van der Waals surface area contributed by atoms with Gasteiger partial charge in [0, 0.05) is 32.2 Å². The molecular weight excluding hydrogens is 220 g/mol. The lowest BCUT2D eigenvalue weighted by atomic mass is 10.2. The van der Waals surface area contributed by atoms with Crippen molar-refractivity contribution >= 4 is 17.1 Å². The molecule has 1 heterocycles. The second-order valence-corrected chi connectivity index (χ2v) is 4.25. The van der Waals surface area contributed by atoms with Crippen LogP contribution in [0.5, 0.6) is 0 Å². The fraction of sp³-hybridized carbons (Fsp3) is 0.455. The van der Waals surface area contributed by atoms with Crippen molar-refractivity contribution in [3.63, 3.8) is 0 Å². The quantitative estimate of drug-likeness (QED) is 0.580. The molecule has 0 radical (unpaired) electrons. The minimum Gasteiger partial charge on any atom is -0.699 e. The summed E-state index contributed by atoms with van der Waals surface area (Å²) in [5.74, 6) is 0. The van der Waals surface area contributed by atoms with E-state index in [2.05, 4.69) is 4.90 Å². The van der Waals surface area contributed by atoms with Crippen molar-refractivity contribution in [2.45, 2.75) is 0 Å². The van der Waals surface area contributed by atoms with Gasteiger partial charge in [0.1, 0.15) is 5.69 Å². The molecule has 0 spiro atoms. The molecule has 0 aromatic heterocycles. The van der Waals surface area contributed by atoms with Gasteiger partial charge in [0.15, 0.2) is 0 Å². The van der Waals surface area contributed by atoms with Crippen LogP contribution in [-0.2, 0) is 0 Å². The van der Waals surface area contributed by atoms with Crippen LogP contribution < -0.4 is 4.90 Å². The number of benzene rings is 1. The molecule has 1 aliphatic rings. The second-order valence-electron chi connectivity index (χ2n) is 4.25. The van der Waals surface area contributed by atoms with Crippen molar-refractivity contribution in [1.82, 2.24) is 4.90 Å². The summed E-state index contributed by atoms with van der Waals surface area (Å²) in [5, 5.41) is 10.9. The van der Waals surface area contributed by atoms with E-state index in [0.29, 0.717) is 11.4 Å². The Hall–Kier alpha value is -1.82. The van der Waals surface area contributed by atoms with E-state index in [4.69, 9.17) is 5.73 Å². The first-order chi connectivity index (χ1) is 8.08. The Balaban J connectivity index is 2.30. The Labute approximate surface area is 99.8 Å². The van der Waals surface area contributed by atoms with Gasteiger partial charge in [-0.1, -0.05) is 6.07 Å². The highest BCUT2D eigenvalue weighted by atomic mass is 16.6. The number of nitro benzene ring substituents is 1. The van der Waals surface area contributed by atoms with Crippen molar-refractivity contribution < 1.29 is 4.92 Å². The molecule has 0 bridgehead atoms. The average Bonchev–Trinajstić information content (AvgIpc) is 2.29. The van der Waals surface area contributed by atoms with Crippen LogP contribution in [0.4, 0.5) is 17.1 Å². The van der Waals surface area contributed by atoms with Gasteiger partial charge in [0.2, 0.25) is 0 Å². The molecule has 2 rings (SSSR count). The van der Waals surface area contributed by atoms with Gasteiger partial charge in [-0.2, -0.15) is 0 Å². The lowest BCUT2D eigenvalue weighted by Gasteiger charge is -2.34. The van der Waals surface area contributed by atoms with E-state index in [1.807, 2.05) is 11.9 Å². The lowest BCUT2D eigenvalue weighted by molar-refractivity contribution is -0.384. The molecule has 1 saturated heterocycles. The van der Waals surface area contributed by atoms with Crippen LogP contribution in [0.2, 0.25) is 0 Å². The highest BCUT2D eigenvalue weighted by molar-refractivity contribution is 5.69. The number of piperazine rings is 1. The van der Waals surface area contributed by atoms with Crippen molar-refractivity contribution in [3.05, 3.63) is 34.0 Å². The molecule has 1 aromatic carbocycles. The summed E-state index contributed by atoms with van der Waals surface area (Å²) in [6.07, 6.45) is 0. The minimum absolute atomic E-state index is 0.0885. The molecule has 0 amide bonds. The number of hydrogen-bond donors (Lipinski definition) is 0. The van der Waals surface area contributed by atoms with Crippen LogP contribution in [0, 0.1) is 10.1 Å². The van der Waals surface area contributed by atoms with Crippen molar-refractivity contribution in [3.8, 4) is 0 Å². The summed E-state index contributed by atoms with van der Waals surface area (Å²) in [6, 6.07) is 4.44.